The van der Waals surface area contributed by atoms with Crippen molar-refractivity contribution in [2.45, 2.75) is 19.8 Å². The molecule has 1 aliphatic heterocycles. The molecule has 8 heteroatoms. The lowest BCUT2D eigenvalue weighted by Crippen LogP contribution is -2.46. The maximum absolute atomic E-state index is 12.7. The van der Waals surface area contributed by atoms with Gasteiger partial charge in [-0.2, -0.15) is 0 Å². The van der Waals surface area contributed by atoms with Crippen molar-refractivity contribution in [3.63, 3.8) is 0 Å². The van der Waals surface area contributed by atoms with Crippen LogP contribution in [0, 0.1) is 5.92 Å². The number of amides is 5. The van der Waals surface area contributed by atoms with E-state index in [9.17, 15) is 14.4 Å². The fraction of sp³-hybridized carbons (Fsp3) is 0.318. The highest BCUT2D eigenvalue weighted by atomic mass is 16.2. The topological polar surface area (TPSA) is 103 Å². The Bertz CT molecular complexity index is 887. The maximum Gasteiger partial charge on any atom is 0.323 e. The molecule has 2 aromatic rings. The van der Waals surface area contributed by atoms with Gasteiger partial charge in [-0.3, -0.25) is 4.79 Å². The van der Waals surface area contributed by atoms with Gasteiger partial charge in [0.05, 0.1) is 5.92 Å². The van der Waals surface area contributed by atoms with Gasteiger partial charge in [-0.15, -0.1) is 0 Å². The van der Waals surface area contributed by atoms with Crippen LogP contribution in [0.15, 0.2) is 54.6 Å². The summed E-state index contributed by atoms with van der Waals surface area (Å²) in [6.45, 7) is 3.47. The number of hydrogen-bond donors (Lipinski definition) is 4. The molecular formula is C22H27N5O3. The number of carbonyl (C=O) groups is 3. The summed E-state index contributed by atoms with van der Waals surface area (Å²) in [5.74, 6) is -0.190. The number of benzene rings is 2. The second kappa shape index (κ2) is 10.3. The van der Waals surface area contributed by atoms with Gasteiger partial charge in [0.25, 0.3) is 0 Å². The van der Waals surface area contributed by atoms with Gasteiger partial charge in [0.1, 0.15) is 0 Å². The van der Waals surface area contributed by atoms with Crippen molar-refractivity contribution in [3.8, 4) is 0 Å². The molecule has 5 amide bonds. The Morgan fingerprint density at radius 3 is 2.33 bits per heavy atom. The van der Waals surface area contributed by atoms with Crippen molar-refractivity contribution in [3.05, 3.63) is 54.6 Å². The molecule has 158 valence electrons. The SMILES string of the molecule is CCNC(=O)[C@@H]1CCCN(C(=O)Nc2cccc(NC(=O)Nc3ccccc3)c2)C1. The molecule has 1 heterocycles. The average molecular weight is 409 g/mol. The third-order valence-corrected chi connectivity index (χ3v) is 4.83. The molecule has 1 saturated heterocycles. The maximum atomic E-state index is 12.7. The van der Waals surface area contributed by atoms with Crippen molar-refractivity contribution in [1.29, 1.82) is 0 Å². The molecule has 0 unspecified atom stereocenters. The number of likely N-dealkylation sites (tertiary alicyclic amines) is 1. The molecule has 0 aromatic heterocycles. The van der Waals surface area contributed by atoms with Crippen LogP contribution in [0.5, 0.6) is 0 Å². The van der Waals surface area contributed by atoms with E-state index >= 15 is 0 Å². The predicted octanol–water partition coefficient (Wildman–Crippen LogP) is 3.71. The number of rotatable bonds is 5. The molecule has 1 aliphatic rings. The molecular weight excluding hydrogens is 382 g/mol. The molecule has 0 radical (unpaired) electrons. The summed E-state index contributed by atoms with van der Waals surface area (Å²) in [6, 6.07) is 15.4. The molecule has 2 aromatic carbocycles. The van der Waals surface area contributed by atoms with Crippen LogP contribution in [-0.2, 0) is 4.79 Å². The zero-order valence-electron chi connectivity index (χ0n) is 17.0. The summed E-state index contributed by atoms with van der Waals surface area (Å²) in [7, 11) is 0. The van der Waals surface area contributed by atoms with E-state index in [2.05, 4.69) is 21.3 Å². The molecule has 3 rings (SSSR count). The first-order valence-corrected chi connectivity index (χ1v) is 10.1. The van der Waals surface area contributed by atoms with Crippen LogP contribution >= 0.6 is 0 Å². The first kappa shape index (κ1) is 21.2. The minimum Gasteiger partial charge on any atom is -0.356 e. The molecule has 4 N–H and O–H groups in total. The van der Waals surface area contributed by atoms with Crippen LogP contribution < -0.4 is 21.3 Å². The molecule has 30 heavy (non-hydrogen) atoms. The highest BCUT2D eigenvalue weighted by molar-refractivity contribution is 6.00. The molecule has 1 atom stereocenters. The van der Waals surface area contributed by atoms with E-state index in [1.165, 1.54) is 0 Å². The fourth-order valence-corrected chi connectivity index (χ4v) is 3.39. The lowest BCUT2D eigenvalue weighted by Gasteiger charge is -2.32. The average Bonchev–Trinajstić information content (AvgIpc) is 2.75. The van der Waals surface area contributed by atoms with E-state index in [4.69, 9.17) is 0 Å². The van der Waals surface area contributed by atoms with Gasteiger partial charge in [0, 0.05) is 36.7 Å². The first-order valence-electron chi connectivity index (χ1n) is 10.1. The van der Waals surface area contributed by atoms with E-state index in [0.717, 1.165) is 12.8 Å². The summed E-state index contributed by atoms with van der Waals surface area (Å²) in [5, 5.41) is 11.2. The van der Waals surface area contributed by atoms with Crippen molar-refractivity contribution in [2.24, 2.45) is 5.92 Å². The Labute approximate surface area is 176 Å². The smallest absolute Gasteiger partial charge is 0.323 e. The lowest BCUT2D eigenvalue weighted by molar-refractivity contribution is -0.126. The molecule has 0 bridgehead atoms. The first-order chi connectivity index (χ1) is 14.5. The zero-order chi connectivity index (χ0) is 21.3. The molecule has 0 saturated carbocycles. The quantitative estimate of drug-likeness (QED) is 0.605. The van der Waals surface area contributed by atoms with Gasteiger partial charge in [0.2, 0.25) is 5.91 Å². The van der Waals surface area contributed by atoms with Crippen molar-refractivity contribution in [1.82, 2.24) is 10.2 Å². The van der Waals surface area contributed by atoms with E-state index < -0.39 is 0 Å². The van der Waals surface area contributed by atoms with Gasteiger partial charge < -0.3 is 26.2 Å². The Hall–Kier alpha value is -3.55. The van der Waals surface area contributed by atoms with Crippen LogP contribution in [0.25, 0.3) is 0 Å². The van der Waals surface area contributed by atoms with Crippen LogP contribution in [0.1, 0.15) is 19.8 Å². The second-order valence-corrected chi connectivity index (χ2v) is 7.14. The zero-order valence-corrected chi connectivity index (χ0v) is 17.0. The summed E-state index contributed by atoms with van der Waals surface area (Å²) in [5.41, 5.74) is 1.81. The molecule has 0 spiro atoms. The van der Waals surface area contributed by atoms with E-state index in [0.29, 0.717) is 36.7 Å². The normalized spacial score (nSPS) is 15.8. The highest BCUT2D eigenvalue weighted by Gasteiger charge is 2.28. The Kier molecular flexibility index (Phi) is 7.26. The van der Waals surface area contributed by atoms with Crippen molar-refractivity contribution in [2.75, 3.05) is 35.6 Å². The highest BCUT2D eigenvalue weighted by Crippen LogP contribution is 2.20. The predicted molar refractivity (Wildman–Crippen MR) is 118 cm³/mol. The van der Waals surface area contributed by atoms with E-state index in [1.54, 1.807) is 41.3 Å². The Balaban J connectivity index is 1.56. The van der Waals surface area contributed by atoms with E-state index in [1.807, 2.05) is 25.1 Å². The van der Waals surface area contributed by atoms with Crippen molar-refractivity contribution < 1.29 is 14.4 Å². The van der Waals surface area contributed by atoms with Gasteiger partial charge in [-0.05, 0) is 50.1 Å². The number of nitrogens with zero attached hydrogens (tertiary/aromatic N) is 1. The molecule has 8 nitrogen and oxygen atoms in total. The number of piperidine rings is 1. The number of hydrogen-bond acceptors (Lipinski definition) is 3. The third kappa shape index (κ3) is 5.97. The minimum atomic E-state index is -0.370. The standard InChI is InChI=1S/C22H27N5O3/c1-2-23-20(28)16-8-7-13-27(15-16)22(30)26-19-12-6-11-18(14-19)25-21(29)24-17-9-4-3-5-10-17/h3-6,9-12,14,16H,2,7-8,13,15H2,1H3,(H,23,28)(H,26,30)(H2,24,25,29)/t16-/m1/s1. The van der Waals surface area contributed by atoms with Gasteiger partial charge >= 0.3 is 12.1 Å². The number of urea groups is 2. The van der Waals surface area contributed by atoms with Crippen LogP contribution in [-0.4, -0.2) is 42.5 Å². The van der Waals surface area contributed by atoms with Gasteiger partial charge in [0.15, 0.2) is 0 Å². The Morgan fingerprint density at radius 1 is 0.933 bits per heavy atom. The second-order valence-electron chi connectivity index (χ2n) is 7.14. The molecule has 1 fully saturated rings. The van der Waals surface area contributed by atoms with Crippen LogP contribution in [0.2, 0.25) is 0 Å². The van der Waals surface area contributed by atoms with Crippen LogP contribution in [0.4, 0.5) is 26.7 Å². The summed E-state index contributed by atoms with van der Waals surface area (Å²) < 4.78 is 0. The minimum absolute atomic E-state index is 0.00868. The van der Waals surface area contributed by atoms with Crippen LogP contribution in [0.3, 0.4) is 0 Å². The van der Waals surface area contributed by atoms with Crippen molar-refractivity contribution >= 4 is 35.0 Å². The number of para-hydroxylation sites is 1. The van der Waals surface area contributed by atoms with E-state index in [-0.39, 0.29) is 23.9 Å². The summed E-state index contributed by atoms with van der Waals surface area (Å²) >= 11 is 0. The Morgan fingerprint density at radius 2 is 1.60 bits per heavy atom. The van der Waals surface area contributed by atoms with Gasteiger partial charge in [-0.25, -0.2) is 9.59 Å². The number of carbonyl (C=O) groups excluding carboxylic acids is 3. The number of anilines is 3. The lowest BCUT2D eigenvalue weighted by atomic mass is 9.97. The summed E-state index contributed by atoms with van der Waals surface area (Å²) in [6.07, 6.45) is 1.57. The fourth-order valence-electron chi connectivity index (χ4n) is 3.39. The third-order valence-electron chi connectivity index (χ3n) is 4.83. The monoisotopic (exact) mass is 409 g/mol. The molecule has 0 aliphatic carbocycles. The number of nitrogens with one attached hydrogen (secondary N) is 4. The summed E-state index contributed by atoms with van der Waals surface area (Å²) in [4.78, 5) is 38.6. The largest absolute Gasteiger partial charge is 0.356 e. The van der Waals surface area contributed by atoms with Gasteiger partial charge in [-0.1, -0.05) is 24.3 Å².